The monoisotopic (exact) mass is 291 g/mol. The first kappa shape index (κ1) is 15.4. The van der Waals surface area contributed by atoms with Crippen LogP contribution in [0.25, 0.3) is 0 Å². The normalized spacial score (nSPS) is 12.7. The molecule has 0 fully saturated rings. The minimum atomic E-state index is -3.87. The lowest BCUT2D eigenvalue weighted by molar-refractivity contribution is 0.401. The van der Waals surface area contributed by atoms with Gasteiger partial charge in [0.1, 0.15) is 0 Å². The summed E-state index contributed by atoms with van der Waals surface area (Å²) in [6.07, 6.45) is 0.371. The summed E-state index contributed by atoms with van der Waals surface area (Å²) in [5.41, 5.74) is 0.794. The van der Waals surface area contributed by atoms with Crippen LogP contribution in [0.4, 0.5) is 0 Å². The lowest BCUT2D eigenvalue weighted by Crippen LogP contribution is -2.37. The summed E-state index contributed by atoms with van der Waals surface area (Å²) >= 11 is 5.82. The van der Waals surface area contributed by atoms with Crippen LogP contribution in [0.2, 0.25) is 5.02 Å². The Bertz CT molecular complexity index is 483. The average molecular weight is 292 g/mol. The molecule has 0 saturated heterocycles. The van der Waals surface area contributed by atoms with Crippen molar-refractivity contribution in [3.8, 4) is 0 Å². The van der Waals surface area contributed by atoms with Gasteiger partial charge in [-0.25, -0.2) is 0 Å². The van der Waals surface area contributed by atoms with E-state index in [0.29, 0.717) is 18.0 Å². The van der Waals surface area contributed by atoms with E-state index in [-0.39, 0.29) is 11.3 Å². The van der Waals surface area contributed by atoms with Crippen molar-refractivity contribution in [1.29, 1.82) is 0 Å². The highest BCUT2D eigenvalue weighted by Crippen LogP contribution is 2.21. The highest BCUT2D eigenvalue weighted by Gasteiger charge is 2.19. The molecule has 0 radical (unpaired) electrons. The fraction of sp³-hybridized carbons (Fsp3) is 0.500. The zero-order valence-electron chi connectivity index (χ0n) is 10.5. The van der Waals surface area contributed by atoms with Crippen LogP contribution in [-0.2, 0) is 15.7 Å². The van der Waals surface area contributed by atoms with Crippen LogP contribution < -0.4 is 5.32 Å². The van der Waals surface area contributed by atoms with E-state index in [1.54, 1.807) is 0 Å². The second kappa shape index (κ2) is 6.02. The first-order valence-electron chi connectivity index (χ1n) is 5.67. The SMILES string of the molecule is CC(C)(NCCCS(=O)(=O)O)c1ccc(Cl)cc1. The van der Waals surface area contributed by atoms with Crippen molar-refractivity contribution in [1.82, 2.24) is 5.32 Å². The molecule has 0 atom stereocenters. The van der Waals surface area contributed by atoms with Gasteiger partial charge < -0.3 is 5.32 Å². The Kier molecular flexibility index (Phi) is 5.16. The van der Waals surface area contributed by atoms with Gasteiger partial charge >= 0.3 is 0 Å². The van der Waals surface area contributed by atoms with E-state index in [0.717, 1.165) is 5.56 Å². The zero-order valence-corrected chi connectivity index (χ0v) is 12.1. The number of halogens is 1. The second-order valence-electron chi connectivity index (χ2n) is 4.70. The van der Waals surface area contributed by atoms with Crippen molar-refractivity contribution < 1.29 is 13.0 Å². The number of rotatable bonds is 6. The lowest BCUT2D eigenvalue weighted by Gasteiger charge is -2.27. The van der Waals surface area contributed by atoms with Gasteiger partial charge in [0.05, 0.1) is 5.75 Å². The molecule has 0 heterocycles. The fourth-order valence-corrected chi connectivity index (χ4v) is 2.26. The van der Waals surface area contributed by atoms with Crippen LogP contribution in [-0.4, -0.2) is 25.3 Å². The van der Waals surface area contributed by atoms with Gasteiger partial charge in [-0.1, -0.05) is 23.7 Å². The number of nitrogens with one attached hydrogen (secondary N) is 1. The Morgan fingerprint density at radius 3 is 2.33 bits per heavy atom. The van der Waals surface area contributed by atoms with Crippen LogP contribution in [0.15, 0.2) is 24.3 Å². The van der Waals surface area contributed by atoms with E-state index < -0.39 is 10.1 Å². The topological polar surface area (TPSA) is 66.4 Å². The maximum Gasteiger partial charge on any atom is 0.264 e. The number of hydrogen-bond donors (Lipinski definition) is 2. The molecule has 6 heteroatoms. The molecule has 0 aliphatic carbocycles. The molecule has 0 spiro atoms. The van der Waals surface area contributed by atoms with Crippen molar-refractivity contribution in [2.45, 2.75) is 25.8 Å². The second-order valence-corrected chi connectivity index (χ2v) is 6.71. The lowest BCUT2D eigenvalue weighted by atomic mass is 9.94. The van der Waals surface area contributed by atoms with E-state index in [2.05, 4.69) is 5.32 Å². The van der Waals surface area contributed by atoms with Gasteiger partial charge in [0.25, 0.3) is 10.1 Å². The maximum atomic E-state index is 10.6. The highest BCUT2D eigenvalue weighted by atomic mass is 35.5. The van der Waals surface area contributed by atoms with Crippen molar-refractivity contribution in [2.75, 3.05) is 12.3 Å². The summed E-state index contributed by atoms with van der Waals surface area (Å²) in [5.74, 6) is -0.225. The summed E-state index contributed by atoms with van der Waals surface area (Å²) in [5, 5.41) is 3.93. The number of benzene rings is 1. The zero-order chi connectivity index (χ0) is 13.8. The molecule has 102 valence electrons. The van der Waals surface area contributed by atoms with Crippen LogP contribution in [0, 0.1) is 0 Å². The molecule has 0 amide bonds. The van der Waals surface area contributed by atoms with E-state index in [1.807, 2.05) is 38.1 Å². The predicted octanol–water partition coefficient (Wildman–Crippen LogP) is 2.44. The van der Waals surface area contributed by atoms with Crippen LogP contribution in [0.1, 0.15) is 25.8 Å². The molecule has 0 saturated carbocycles. The van der Waals surface area contributed by atoms with Gasteiger partial charge in [-0.3, -0.25) is 4.55 Å². The predicted molar refractivity (Wildman–Crippen MR) is 73.5 cm³/mol. The Labute approximate surface area is 113 Å². The summed E-state index contributed by atoms with van der Waals surface area (Å²) in [7, 11) is -3.87. The quantitative estimate of drug-likeness (QED) is 0.624. The van der Waals surface area contributed by atoms with E-state index in [9.17, 15) is 8.42 Å². The van der Waals surface area contributed by atoms with Crippen molar-refractivity contribution in [3.63, 3.8) is 0 Å². The van der Waals surface area contributed by atoms with Gasteiger partial charge in [-0.2, -0.15) is 8.42 Å². The van der Waals surface area contributed by atoms with Gasteiger partial charge in [0.15, 0.2) is 0 Å². The third-order valence-electron chi connectivity index (χ3n) is 2.71. The molecular weight excluding hydrogens is 274 g/mol. The van der Waals surface area contributed by atoms with Gasteiger partial charge in [-0.15, -0.1) is 0 Å². The first-order chi connectivity index (χ1) is 8.21. The van der Waals surface area contributed by atoms with Crippen LogP contribution in [0.3, 0.4) is 0 Å². The minimum Gasteiger partial charge on any atom is -0.308 e. The Hall–Kier alpha value is -0.620. The average Bonchev–Trinajstić information content (AvgIpc) is 2.24. The molecular formula is C12H18ClNO3S. The van der Waals surface area contributed by atoms with Crippen molar-refractivity contribution in [3.05, 3.63) is 34.9 Å². The molecule has 2 N–H and O–H groups in total. The minimum absolute atomic E-state index is 0.225. The molecule has 0 bridgehead atoms. The molecule has 1 aromatic rings. The molecule has 1 rings (SSSR count). The Morgan fingerprint density at radius 2 is 1.83 bits per heavy atom. The summed E-state index contributed by atoms with van der Waals surface area (Å²) in [4.78, 5) is 0. The Morgan fingerprint density at radius 1 is 1.28 bits per heavy atom. The fourth-order valence-electron chi connectivity index (χ4n) is 1.62. The molecule has 0 aliphatic heterocycles. The van der Waals surface area contributed by atoms with E-state index in [4.69, 9.17) is 16.2 Å². The Balaban J connectivity index is 2.52. The summed E-state index contributed by atoms with van der Waals surface area (Å²) in [6, 6.07) is 7.49. The van der Waals surface area contributed by atoms with E-state index >= 15 is 0 Å². The standard InChI is InChI=1S/C12H18ClNO3S/c1-12(2,10-4-6-11(13)7-5-10)14-8-3-9-18(15,16)17/h4-7,14H,3,8-9H2,1-2H3,(H,15,16,17). The summed E-state index contributed by atoms with van der Waals surface area (Å²) < 4.78 is 29.8. The molecule has 4 nitrogen and oxygen atoms in total. The summed E-state index contributed by atoms with van der Waals surface area (Å²) in [6.45, 7) is 4.52. The third kappa shape index (κ3) is 5.35. The van der Waals surface area contributed by atoms with Gasteiger partial charge in [0, 0.05) is 10.6 Å². The molecule has 0 aromatic heterocycles. The number of hydrogen-bond acceptors (Lipinski definition) is 3. The van der Waals surface area contributed by atoms with Gasteiger partial charge in [0.2, 0.25) is 0 Å². The smallest absolute Gasteiger partial charge is 0.264 e. The van der Waals surface area contributed by atoms with Crippen molar-refractivity contribution in [2.24, 2.45) is 0 Å². The molecule has 0 unspecified atom stereocenters. The maximum absolute atomic E-state index is 10.6. The van der Waals surface area contributed by atoms with Gasteiger partial charge in [-0.05, 0) is 44.5 Å². The molecule has 1 aromatic carbocycles. The van der Waals surface area contributed by atoms with Crippen LogP contribution >= 0.6 is 11.6 Å². The largest absolute Gasteiger partial charge is 0.308 e. The molecule has 0 aliphatic rings. The highest BCUT2D eigenvalue weighted by molar-refractivity contribution is 7.85. The van der Waals surface area contributed by atoms with Crippen LogP contribution in [0.5, 0.6) is 0 Å². The molecule has 18 heavy (non-hydrogen) atoms. The van der Waals surface area contributed by atoms with Crippen molar-refractivity contribution >= 4 is 21.7 Å². The first-order valence-corrected chi connectivity index (χ1v) is 7.66. The third-order valence-corrected chi connectivity index (χ3v) is 3.77. The van der Waals surface area contributed by atoms with E-state index in [1.165, 1.54) is 0 Å².